The van der Waals surface area contributed by atoms with Gasteiger partial charge in [-0.15, -0.1) is 11.8 Å². The van der Waals surface area contributed by atoms with Crippen LogP contribution in [0.15, 0.2) is 41.3 Å². The van der Waals surface area contributed by atoms with E-state index in [0.29, 0.717) is 29.4 Å². The fourth-order valence-corrected chi connectivity index (χ4v) is 5.17. The van der Waals surface area contributed by atoms with Crippen LogP contribution in [-0.2, 0) is 0 Å². The van der Waals surface area contributed by atoms with Gasteiger partial charge in [0.25, 0.3) is 5.91 Å². The van der Waals surface area contributed by atoms with Crippen LogP contribution in [0.3, 0.4) is 0 Å². The molecule has 4 rings (SSSR count). The first-order valence-electron chi connectivity index (χ1n) is 8.92. The summed E-state index contributed by atoms with van der Waals surface area (Å²) in [6.07, 6.45) is 2.07. The molecule has 0 saturated carbocycles. The number of hydrogen-bond donors (Lipinski definition) is 0. The quantitative estimate of drug-likeness (QED) is 0.561. The number of aromatic nitrogens is 1. The van der Waals surface area contributed by atoms with Crippen molar-refractivity contribution in [3.8, 4) is 5.75 Å². The van der Waals surface area contributed by atoms with Crippen LogP contribution < -0.4 is 9.64 Å². The Morgan fingerprint density at radius 2 is 2.00 bits per heavy atom. The molecule has 1 amide bonds. The Morgan fingerprint density at radius 3 is 2.71 bits per heavy atom. The van der Waals surface area contributed by atoms with Crippen molar-refractivity contribution in [1.82, 2.24) is 9.88 Å². The average molecular weight is 434 g/mol. The van der Waals surface area contributed by atoms with E-state index in [4.69, 9.17) is 21.3 Å². The second-order valence-electron chi connectivity index (χ2n) is 6.43. The molecule has 0 spiro atoms. The van der Waals surface area contributed by atoms with Gasteiger partial charge in [0.1, 0.15) is 5.75 Å². The minimum atomic E-state index is -0.0482. The second kappa shape index (κ2) is 8.19. The van der Waals surface area contributed by atoms with Crippen LogP contribution >= 0.6 is 34.7 Å². The monoisotopic (exact) mass is 433 g/mol. The maximum atomic E-state index is 13.0. The highest BCUT2D eigenvalue weighted by molar-refractivity contribution is 7.98. The third-order valence-electron chi connectivity index (χ3n) is 4.82. The van der Waals surface area contributed by atoms with E-state index in [1.54, 1.807) is 48.4 Å². The Labute approximate surface area is 177 Å². The van der Waals surface area contributed by atoms with Crippen molar-refractivity contribution in [3.05, 3.63) is 47.0 Å². The third kappa shape index (κ3) is 3.66. The van der Waals surface area contributed by atoms with Crippen molar-refractivity contribution in [2.24, 2.45) is 0 Å². The van der Waals surface area contributed by atoms with E-state index >= 15 is 0 Å². The lowest BCUT2D eigenvalue weighted by atomic mass is 10.1. The van der Waals surface area contributed by atoms with Crippen molar-refractivity contribution in [2.75, 3.05) is 44.4 Å². The minimum Gasteiger partial charge on any atom is -0.496 e. The molecule has 0 bridgehead atoms. The number of thioether (sulfide) groups is 1. The molecule has 0 aliphatic carbocycles. The summed E-state index contributed by atoms with van der Waals surface area (Å²) in [5, 5.41) is 1.55. The van der Waals surface area contributed by atoms with Gasteiger partial charge < -0.3 is 14.5 Å². The lowest BCUT2D eigenvalue weighted by Gasteiger charge is -2.34. The zero-order valence-electron chi connectivity index (χ0n) is 15.6. The first kappa shape index (κ1) is 19.4. The van der Waals surface area contributed by atoms with E-state index in [1.807, 2.05) is 4.90 Å². The Kier molecular flexibility index (Phi) is 5.66. The Hall–Kier alpha value is -1.96. The number of benzene rings is 2. The number of amides is 1. The summed E-state index contributed by atoms with van der Waals surface area (Å²) in [6.45, 7) is 2.78. The molecule has 2 aromatic carbocycles. The van der Waals surface area contributed by atoms with Crippen LogP contribution in [0.2, 0.25) is 5.02 Å². The van der Waals surface area contributed by atoms with Crippen molar-refractivity contribution in [3.63, 3.8) is 0 Å². The maximum absolute atomic E-state index is 13.0. The van der Waals surface area contributed by atoms with Crippen molar-refractivity contribution >= 4 is 56.0 Å². The lowest BCUT2D eigenvalue weighted by Crippen LogP contribution is -2.48. The summed E-state index contributed by atoms with van der Waals surface area (Å²) in [4.78, 5) is 23.1. The zero-order valence-corrected chi connectivity index (χ0v) is 18.0. The number of para-hydroxylation sites is 1. The van der Waals surface area contributed by atoms with Crippen LogP contribution in [0.1, 0.15) is 10.4 Å². The van der Waals surface area contributed by atoms with E-state index in [2.05, 4.69) is 29.4 Å². The van der Waals surface area contributed by atoms with E-state index < -0.39 is 0 Å². The number of anilines is 1. The molecule has 2 heterocycles. The molecule has 0 radical (unpaired) electrons. The lowest BCUT2D eigenvalue weighted by molar-refractivity contribution is 0.0743. The molecule has 3 aromatic rings. The molecular formula is C20H20ClN3O2S2. The second-order valence-corrected chi connectivity index (χ2v) is 8.72. The Balaban J connectivity index is 1.49. The summed E-state index contributed by atoms with van der Waals surface area (Å²) in [5.41, 5.74) is 1.57. The summed E-state index contributed by atoms with van der Waals surface area (Å²) in [6, 6.07) is 11.4. The fraction of sp³-hybridized carbons (Fsp3) is 0.300. The number of rotatable bonds is 4. The number of ether oxygens (including phenoxy) is 1. The molecule has 0 atom stereocenters. The highest BCUT2D eigenvalue weighted by atomic mass is 35.5. The predicted molar refractivity (Wildman–Crippen MR) is 118 cm³/mol. The smallest absolute Gasteiger partial charge is 0.257 e. The number of methoxy groups -OCH3 is 1. The molecule has 1 aliphatic heterocycles. The summed E-state index contributed by atoms with van der Waals surface area (Å²) >= 11 is 9.50. The van der Waals surface area contributed by atoms with E-state index in [1.165, 1.54) is 9.60 Å². The standard InChI is InChI=1S/C20H20ClN3O2S2/c1-26-15-7-6-13(21)12-14(15)19(25)23-8-10-24(11-9-23)20-22-18-16(27-2)4-3-5-17(18)28-20/h3-7,12H,8-11H2,1-2H3. The largest absolute Gasteiger partial charge is 0.496 e. The Morgan fingerprint density at radius 1 is 1.21 bits per heavy atom. The molecule has 0 unspecified atom stereocenters. The summed E-state index contributed by atoms with van der Waals surface area (Å²) < 4.78 is 6.53. The molecule has 146 valence electrons. The highest BCUT2D eigenvalue weighted by Crippen LogP contribution is 2.34. The van der Waals surface area contributed by atoms with E-state index in [9.17, 15) is 4.79 Å². The third-order valence-corrected chi connectivity index (χ3v) is 6.91. The molecule has 28 heavy (non-hydrogen) atoms. The van der Waals surface area contributed by atoms with Gasteiger partial charge in [0, 0.05) is 36.1 Å². The zero-order chi connectivity index (χ0) is 19.7. The number of fused-ring (bicyclic) bond motifs is 1. The van der Waals surface area contributed by atoms with Gasteiger partial charge in [-0.2, -0.15) is 0 Å². The van der Waals surface area contributed by atoms with Crippen LogP contribution in [0.25, 0.3) is 10.2 Å². The SMILES string of the molecule is COc1ccc(Cl)cc1C(=O)N1CCN(c2nc3c(SC)cccc3s2)CC1. The summed E-state index contributed by atoms with van der Waals surface area (Å²) in [7, 11) is 1.56. The molecule has 1 aliphatic rings. The number of piperazine rings is 1. The number of thiazole rings is 1. The van der Waals surface area contributed by atoms with Gasteiger partial charge in [-0.25, -0.2) is 4.98 Å². The first-order valence-corrected chi connectivity index (χ1v) is 11.3. The normalized spacial score (nSPS) is 14.5. The number of carbonyl (C=O) groups excluding carboxylic acids is 1. The predicted octanol–water partition coefficient (Wildman–Crippen LogP) is 4.64. The molecule has 1 saturated heterocycles. The molecule has 8 heteroatoms. The van der Waals surface area contributed by atoms with Gasteiger partial charge >= 0.3 is 0 Å². The van der Waals surface area contributed by atoms with Crippen molar-refractivity contribution < 1.29 is 9.53 Å². The molecular weight excluding hydrogens is 414 g/mol. The van der Waals surface area contributed by atoms with Crippen LogP contribution in [0.5, 0.6) is 5.75 Å². The summed E-state index contributed by atoms with van der Waals surface area (Å²) in [5.74, 6) is 0.501. The molecule has 5 nitrogen and oxygen atoms in total. The average Bonchev–Trinajstić information content (AvgIpc) is 3.17. The minimum absolute atomic E-state index is 0.0482. The van der Waals surface area contributed by atoms with Gasteiger partial charge in [-0.05, 0) is 36.6 Å². The topological polar surface area (TPSA) is 45.7 Å². The van der Waals surface area contributed by atoms with Gasteiger partial charge in [-0.1, -0.05) is 29.0 Å². The first-order chi connectivity index (χ1) is 13.6. The number of hydrogen-bond acceptors (Lipinski definition) is 6. The number of nitrogens with zero attached hydrogens (tertiary/aromatic N) is 3. The van der Waals surface area contributed by atoms with Crippen molar-refractivity contribution in [2.45, 2.75) is 4.90 Å². The fourth-order valence-electron chi connectivity index (χ4n) is 3.33. The Bertz CT molecular complexity index is 1020. The van der Waals surface area contributed by atoms with Crippen molar-refractivity contribution in [1.29, 1.82) is 0 Å². The molecule has 1 aromatic heterocycles. The highest BCUT2D eigenvalue weighted by Gasteiger charge is 2.26. The number of halogens is 1. The van der Waals surface area contributed by atoms with Gasteiger partial charge in [0.15, 0.2) is 5.13 Å². The van der Waals surface area contributed by atoms with Gasteiger partial charge in [0.05, 0.1) is 22.9 Å². The molecule has 1 fully saturated rings. The van der Waals surface area contributed by atoms with Crippen LogP contribution in [-0.4, -0.2) is 55.3 Å². The number of carbonyl (C=O) groups is 1. The molecule has 0 N–H and O–H groups in total. The van der Waals surface area contributed by atoms with Crippen LogP contribution in [0, 0.1) is 0 Å². The maximum Gasteiger partial charge on any atom is 0.257 e. The van der Waals surface area contributed by atoms with E-state index in [-0.39, 0.29) is 5.91 Å². The van der Waals surface area contributed by atoms with Gasteiger partial charge in [0.2, 0.25) is 0 Å². The van der Waals surface area contributed by atoms with E-state index in [0.717, 1.165) is 23.7 Å². The van der Waals surface area contributed by atoms with Gasteiger partial charge in [-0.3, -0.25) is 4.79 Å². The van der Waals surface area contributed by atoms with Crippen LogP contribution in [0.4, 0.5) is 5.13 Å².